The zero-order valence-electron chi connectivity index (χ0n) is 19.5. The SMILES string of the molecule is CCO/N=C(\C(=O)NC1C(=O)N2C(C(=O)[O-])=C(C[n+]3cccc(NC=O)c3)CS[C@H]12)c1nccc(N)n1. The van der Waals surface area contributed by atoms with Gasteiger partial charge in [0.05, 0.1) is 11.7 Å². The highest BCUT2D eigenvalue weighted by Crippen LogP contribution is 2.40. The van der Waals surface area contributed by atoms with E-state index in [1.807, 2.05) is 0 Å². The number of aliphatic carboxylic acids is 1. The lowest BCUT2D eigenvalue weighted by molar-refractivity contribution is -0.688. The number of rotatable bonds is 10. The summed E-state index contributed by atoms with van der Waals surface area (Å²) in [4.78, 5) is 62.8. The van der Waals surface area contributed by atoms with Gasteiger partial charge in [-0.15, -0.1) is 11.8 Å². The summed E-state index contributed by atoms with van der Waals surface area (Å²) in [6.07, 6.45) is 5.21. The molecule has 4 heterocycles. The first-order valence-corrected chi connectivity index (χ1v) is 12.1. The average molecular weight is 527 g/mol. The first-order valence-electron chi connectivity index (χ1n) is 11.0. The number of fused-ring (bicyclic) bond motifs is 1. The average Bonchev–Trinajstić information content (AvgIpc) is 2.87. The second kappa shape index (κ2) is 11.0. The number of pyridine rings is 1. The lowest BCUT2D eigenvalue weighted by atomic mass is 10.0. The molecular weight excluding hydrogens is 504 g/mol. The summed E-state index contributed by atoms with van der Waals surface area (Å²) in [6.45, 7) is 1.99. The molecule has 1 fully saturated rings. The van der Waals surface area contributed by atoms with Gasteiger partial charge in [-0.1, -0.05) is 5.16 Å². The van der Waals surface area contributed by atoms with E-state index >= 15 is 0 Å². The minimum Gasteiger partial charge on any atom is -0.543 e. The minimum atomic E-state index is -1.51. The molecule has 0 radical (unpaired) electrons. The van der Waals surface area contributed by atoms with Gasteiger partial charge in [0.25, 0.3) is 11.8 Å². The predicted octanol–water partition coefficient (Wildman–Crippen LogP) is -2.24. The second-order valence-corrected chi connectivity index (χ2v) is 8.90. The Morgan fingerprint density at radius 2 is 2.24 bits per heavy atom. The molecule has 2 aromatic heterocycles. The van der Waals surface area contributed by atoms with Gasteiger partial charge in [0.2, 0.25) is 12.1 Å². The molecule has 37 heavy (non-hydrogen) atoms. The van der Waals surface area contributed by atoms with Gasteiger partial charge in [0, 0.05) is 23.6 Å². The summed E-state index contributed by atoms with van der Waals surface area (Å²) in [5, 5.41) is 20.2. The molecule has 2 atom stereocenters. The maximum atomic E-state index is 13.0. The van der Waals surface area contributed by atoms with E-state index in [1.54, 1.807) is 36.0 Å². The number of carboxylic acids is 1. The highest BCUT2D eigenvalue weighted by atomic mass is 32.2. The Morgan fingerprint density at radius 1 is 1.43 bits per heavy atom. The maximum absolute atomic E-state index is 13.0. The first-order chi connectivity index (χ1) is 17.8. The normalized spacial score (nSPS) is 19.0. The van der Waals surface area contributed by atoms with E-state index in [2.05, 4.69) is 25.8 Å². The number of hydrogen-bond donors (Lipinski definition) is 3. The molecule has 1 saturated heterocycles. The number of nitrogen functional groups attached to an aromatic ring is 1. The molecule has 0 saturated carbocycles. The number of β-lactam (4-membered cyclic amide) rings is 1. The van der Waals surface area contributed by atoms with Gasteiger partial charge in [-0.25, -0.2) is 9.97 Å². The number of carbonyl (C=O) groups is 4. The van der Waals surface area contributed by atoms with Gasteiger partial charge in [0.15, 0.2) is 24.8 Å². The number of nitrogens with two attached hydrogens (primary N) is 1. The molecule has 2 aromatic rings. The summed E-state index contributed by atoms with van der Waals surface area (Å²) in [7, 11) is 0. The highest BCUT2D eigenvalue weighted by Gasteiger charge is 2.53. The number of nitrogens with one attached hydrogen (secondary N) is 2. The van der Waals surface area contributed by atoms with Gasteiger partial charge in [-0.3, -0.25) is 19.3 Å². The molecule has 4 rings (SSSR count). The number of oxime groups is 1. The number of carbonyl (C=O) groups excluding carboxylic acids is 4. The van der Waals surface area contributed by atoms with Crippen molar-refractivity contribution in [1.29, 1.82) is 0 Å². The number of anilines is 2. The van der Waals surface area contributed by atoms with Crippen LogP contribution in [-0.2, 0) is 30.6 Å². The molecule has 2 aliphatic heterocycles. The molecule has 15 heteroatoms. The third-order valence-corrected chi connectivity index (χ3v) is 6.71. The van der Waals surface area contributed by atoms with Gasteiger partial charge in [0.1, 0.15) is 29.5 Å². The van der Waals surface area contributed by atoms with Crippen LogP contribution in [0.2, 0.25) is 0 Å². The Hall–Kier alpha value is -4.53. The number of thioether (sulfide) groups is 1. The van der Waals surface area contributed by atoms with Gasteiger partial charge >= 0.3 is 0 Å². The monoisotopic (exact) mass is 526 g/mol. The van der Waals surface area contributed by atoms with E-state index in [0.717, 1.165) is 4.90 Å². The standard InChI is InChI=1S/C22H22N8O6S/c1-2-36-28-15(18-24-6-5-14(23)26-18)19(32)27-16-20(33)30-17(22(34)35)12(10-37-21(16)30)8-29-7-3-4-13(9-29)25-11-31/h3-7,9,11,16,21H,2,8,10H2,1H3,(H4-,23,24,25,26,27,31,32,34,35)/b28-15-/t16?,21-/m1/s1. The zero-order chi connectivity index (χ0) is 26.5. The van der Waals surface area contributed by atoms with Crippen molar-refractivity contribution >= 4 is 53.2 Å². The predicted molar refractivity (Wildman–Crippen MR) is 128 cm³/mol. The molecule has 192 valence electrons. The molecular formula is C22H22N8O6S. The fourth-order valence-corrected chi connectivity index (χ4v) is 5.13. The van der Waals surface area contributed by atoms with Gasteiger partial charge < -0.3 is 31.1 Å². The van der Waals surface area contributed by atoms with Crippen LogP contribution in [0.25, 0.3) is 0 Å². The minimum absolute atomic E-state index is 0.0909. The van der Waals surface area contributed by atoms with Crippen LogP contribution in [-0.4, -0.2) is 68.5 Å². The summed E-state index contributed by atoms with van der Waals surface area (Å²) in [5.41, 5.74) is 6.11. The molecule has 14 nitrogen and oxygen atoms in total. The lowest BCUT2D eigenvalue weighted by Gasteiger charge is -2.50. The van der Waals surface area contributed by atoms with Crippen molar-refractivity contribution in [1.82, 2.24) is 20.2 Å². The lowest BCUT2D eigenvalue weighted by Crippen LogP contribution is -2.71. The van der Waals surface area contributed by atoms with Crippen molar-refractivity contribution in [3.63, 3.8) is 0 Å². The third kappa shape index (κ3) is 5.35. The van der Waals surface area contributed by atoms with Crippen molar-refractivity contribution in [3.8, 4) is 0 Å². The highest BCUT2D eigenvalue weighted by molar-refractivity contribution is 8.00. The number of amides is 3. The zero-order valence-corrected chi connectivity index (χ0v) is 20.3. The number of hydrogen-bond acceptors (Lipinski definition) is 11. The fourth-order valence-electron chi connectivity index (χ4n) is 3.80. The topological polar surface area (TPSA) is 196 Å². The van der Waals surface area contributed by atoms with Crippen LogP contribution in [0.3, 0.4) is 0 Å². The second-order valence-electron chi connectivity index (χ2n) is 7.79. The van der Waals surface area contributed by atoms with E-state index < -0.39 is 29.2 Å². The summed E-state index contributed by atoms with van der Waals surface area (Å²) < 4.78 is 1.68. The van der Waals surface area contributed by atoms with Crippen LogP contribution < -0.4 is 26.0 Å². The number of carboxylic acid groups (broad SMARTS) is 1. The molecule has 0 aliphatic carbocycles. The van der Waals surface area contributed by atoms with Crippen LogP contribution in [0.1, 0.15) is 12.7 Å². The van der Waals surface area contributed by atoms with Crippen molar-refractivity contribution in [3.05, 3.63) is 53.9 Å². The van der Waals surface area contributed by atoms with Crippen LogP contribution in [0.4, 0.5) is 11.5 Å². The van der Waals surface area contributed by atoms with Crippen molar-refractivity contribution in [2.45, 2.75) is 24.9 Å². The molecule has 0 aromatic carbocycles. The van der Waals surface area contributed by atoms with Crippen molar-refractivity contribution in [2.75, 3.05) is 23.4 Å². The molecule has 3 amide bonds. The largest absolute Gasteiger partial charge is 0.543 e. The first kappa shape index (κ1) is 25.6. The molecule has 1 unspecified atom stereocenters. The summed E-state index contributed by atoms with van der Waals surface area (Å²) >= 11 is 1.29. The maximum Gasteiger partial charge on any atom is 0.278 e. The van der Waals surface area contributed by atoms with E-state index in [-0.39, 0.29) is 42.0 Å². The number of aromatic nitrogens is 3. The van der Waals surface area contributed by atoms with Crippen LogP contribution in [0.5, 0.6) is 0 Å². The number of nitrogens with zero attached hydrogens (tertiary/aromatic N) is 5. The van der Waals surface area contributed by atoms with Gasteiger partial charge in [-0.2, -0.15) is 4.57 Å². The van der Waals surface area contributed by atoms with Crippen LogP contribution >= 0.6 is 11.8 Å². The summed E-state index contributed by atoms with van der Waals surface area (Å²) in [6, 6.07) is 3.78. The Bertz CT molecular complexity index is 1320. The smallest absolute Gasteiger partial charge is 0.278 e. The van der Waals surface area contributed by atoms with E-state index in [0.29, 0.717) is 17.7 Å². The van der Waals surface area contributed by atoms with Crippen LogP contribution in [0, 0.1) is 0 Å². The fraction of sp³-hybridized carbons (Fsp3) is 0.273. The quantitative estimate of drug-likeness (QED) is 0.100. The molecule has 0 bridgehead atoms. The Labute approximate surface area is 214 Å². The summed E-state index contributed by atoms with van der Waals surface area (Å²) in [5.74, 6) is -2.62. The Balaban J connectivity index is 1.54. The third-order valence-electron chi connectivity index (χ3n) is 5.37. The molecule has 0 spiro atoms. The van der Waals surface area contributed by atoms with Crippen molar-refractivity contribution < 1.29 is 33.7 Å². The Morgan fingerprint density at radius 3 is 2.95 bits per heavy atom. The van der Waals surface area contributed by atoms with E-state index in [1.165, 1.54) is 24.0 Å². The van der Waals surface area contributed by atoms with Crippen LogP contribution in [0.15, 0.2) is 53.2 Å². The van der Waals surface area contributed by atoms with Crippen molar-refractivity contribution in [2.24, 2.45) is 5.16 Å². The molecule has 2 aliphatic rings. The van der Waals surface area contributed by atoms with E-state index in [9.17, 15) is 24.3 Å². The van der Waals surface area contributed by atoms with E-state index in [4.69, 9.17) is 10.6 Å². The Kier molecular flexibility index (Phi) is 7.62. The molecule has 4 N–H and O–H groups in total. The van der Waals surface area contributed by atoms with Gasteiger partial charge in [-0.05, 0) is 19.1 Å².